The second-order valence-electron chi connectivity index (χ2n) is 3.67. The Bertz CT molecular complexity index is 555. The zero-order chi connectivity index (χ0) is 11.0. The van der Waals surface area contributed by atoms with Crippen molar-refractivity contribution in [2.24, 2.45) is 0 Å². The molecule has 1 radical (unpaired) electrons. The van der Waals surface area contributed by atoms with Crippen molar-refractivity contribution < 1.29 is 4.42 Å². The first-order valence-corrected chi connectivity index (χ1v) is 4.65. The number of rotatable bonds is 1. The van der Waals surface area contributed by atoms with Crippen LogP contribution in [0.4, 0.5) is 5.69 Å². The maximum Gasteiger partial charge on any atom is 0.336 e. The zero-order valence-corrected chi connectivity index (χ0v) is 8.78. The molecule has 0 saturated carbocycles. The molecular formula is C12H12NO2. The van der Waals surface area contributed by atoms with Crippen LogP contribution in [-0.4, -0.2) is 14.1 Å². The molecule has 1 heterocycles. The maximum atomic E-state index is 11.2. The first kappa shape index (κ1) is 9.77. The van der Waals surface area contributed by atoms with E-state index >= 15 is 0 Å². The molecule has 2 rings (SSSR count). The average Bonchev–Trinajstić information content (AvgIpc) is 2.16. The van der Waals surface area contributed by atoms with Crippen LogP contribution in [0.5, 0.6) is 0 Å². The summed E-state index contributed by atoms with van der Waals surface area (Å²) in [5.74, 6) is 0. The molecule has 0 fully saturated rings. The van der Waals surface area contributed by atoms with E-state index < -0.39 is 0 Å². The van der Waals surface area contributed by atoms with E-state index in [1.807, 2.05) is 37.2 Å². The van der Waals surface area contributed by atoms with E-state index in [1.165, 1.54) is 6.07 Å². The highest BCUT2D eigenvalue weighted by atomic mass is 16.4. The summed E-state index contributed by atoms with van der Waals surface area (Å²) >= 11 is 0. The van der Waals surface area contributed by atoms with Crippen LogP contribution in [0.3, 0.4) is 0 Å². The summed E-state index contributed by atoms with van der Waals surface area (Å²) in [5, 5.41) is 0.875. The summed E-state index contributed by atoms with van der Waals surface area (Å²) in [5.41, 5.74) is 1.92. The summed E-state index contributed by atoms with van der Waals surface area (Å²) in [6, 6.07) is 7.12. The molecule has 1 aromatic heterocycles. The Hall–Kier alpha value is -1.77. The van der Waals surface area contributed by atoms with E-state index in [0.717, 1.165) is 11.1 Å². The molecule has 0 aliphatic heterocycles. The van der Waals surface area contributed by atoms with Gasteiger partial charge in [0.15, 0.2) is 0 Å². The van der Waals surface area contributed by atoms with Crippen LogP contribution in [0, 0.1) is 6.92 Å². The zero-order valence-electron chi connectivity index (χ0n) is 8.78. The highest BCUT2D eigenvalue weighted by Crippen LogP contribution is 2.21. The molecule has 1 aromatic carbocycles. The lowest BCUT2D eigenvalue weighted by Gasteiger charge is -2.12. The topological polar surface area (TPSA) is 33.5 Å². The van der Waals surface area contributed by atoms with Crippen molar-refractivity contribution in [3.63, 3.8) is 0 Å². The van der Waals surface area contributed by atoms with Gasteiger partial charge in [-0.1, -0.05) is 0 Å². The number of anilines is 1. The number of benzene rings is 1. The molecule has 0 unspecified atom stereocenters. The molecule has 2 aromatic rings. The van der Waals surface area contributed by atoms with Gasteiger partial charge in [-0.15, -0.1) is 0 Å². The quantitative estimate of drug-likeness (QED) is 0.663. The van der Waals surface area contributed by atoms with Gasteiger partial charge in [-0.2, -0.15) is 0 Å². The van der Waals surface area contributed by atoms with Crippen LogP contribution in [0.25, 0.3) is 11.0 Å². The van der Waals surface area contributed by atoms with Crippen molar-refractivity contribution in [2.45, 2.75) is 0 Å². The monoisotopic (exact) mass is 202 g/mol. The molecule has 3 heteroatoms. The van der Waals surface area contributed by atoms with E-state index in [1.54, 1.807) is 0 Å². The van der Waals surface area contributed by atoms with E-state index in [4.69, 9.17) is 4.42 Å². The van der Waals surface area contributed by atoms with Gasteiger partial charge in [0, 0.05) is 37.3 Å². The molecule has 0 amide bonds. The fourth-order valence-corrected chi connectivity index (χ4v) is 1.50. The van der Waals surface area contributed by atoms with Crippen molar-refractivity contribution in [3.05, 3.63) is 47.2 Å². The van der Waals surface area contributed by atoms with Gasteiger partial charge < -0.3 is 9.32 Å². The van der Waals surface area contributed by atoms with E-state index in [9.17, 15) is 4.79 Å². The number of fused-ring (bicyclic) bond motifs is 1. The van der Waals surface area contributed by atoms with Gasteiger partial charge in [-0.25, -0.2) is 4.79 Å². The molecule has 0 aliphatic carbocycles. The van der Waals surface area contributed by atoms with Gasteiger partial charge in [0.25, 0.3) is 0 Å². The Morgan fingerprint density at radius 1 is 1.27 bits per heavy atom. The van der Waals surface area contributed by atoms with Crippen molar-refractivity contribution >= 4 is 16.7 Å². The largest absolute Gasteiger partial charge is 0.423 e. The third kappa shape index (κ3) is 1.73. The van der Waals surface area contributed by atoms with E-state index in [2.05, 4.69) is 6.92 Å². The molecule has 0 N–H and O–H groups in total. The molecule has 0 bridgehead atoms. The van der Waals surface area contributed by atoms with Crippen LogP contribution in [-0.2, 0) is 0 Å². The van der Waals surface area contributed by atoms with Gasteiger partial charge in [0.1, 0.15) is 5.58 Å². The molecule has 0 atom stereocenters. The lowest BCUT2D eigenvalue weighted by molar-refractivity contribution is 0.560. The Morgan fingerprint density at radius 3 is 2.67 bits per heavy atom. The highest BCUT2D eigenvalue weighted by molar-refractivity contribution is 5.84. The second kappa shape index (κ2) is 3.42. The summed E-state index contributed by atoms with van der Waals surface area (Å²) in [4.78, 5) is 13.1. The Balaban J connectivity index is 2.76. The molecule has 0 spiro atoms. The number of nitrogens with zero attached hydrogens (tertiary/aromatic N) is 1. The summed E-state index contributed by atoms with van der Waals surface area (Å²) in [6.07, 6.45) is 0. The second-order valence-corrected chi connectivity index (χ2v) is 3.67. The lowest BCUT2D eigenvalue weighted by atomic mass is 10.1. The SMILES string of the molecule is [CH2]c1cc(=O)oc2cc(N(C)C)ccc12. The lowest BCUT2D eigenvalue weighted by Crippen LogP contribution is -2.08. The van der Waals surface area contributed by atoms with Gasteiger partial charge in [-0.3, -0.25) is 0 Å². The summed E-state index contributed by atoms with van der Waals surface area (Å²) < 4.78 is 5.11. The van der Waals surface area contributed by atoms with Gasteiger partial charge in [-0.05, 0) is 24.6 Å². The van der Waals surface area contributed by atoms with Crippen molar-refractivity contribution in [1.29, 1.82) is 0 Å². The number of hydrogen-bond acceptors (Lipinski definition) is 3. The molecule has 0 saturated heterocycles. The minimum absolute atomic E-state index is 0.358. The predicted octanol–water partition coefficient (Wildman–Crippen LogP) is 2.04. The highest BCUT2D eigenvalue weighted by Gasteiger charge is 2.03. The normalized spacial score (nSPS) is 10.6. The summed E-state index contributed by atoms with van der Waals surface area (Å²) in [7, 11) is 3.88. The van der Waals surface area contributed by atoms with Crippen molar-refractivity contribution in [1.82, 2.24) is 0 Å². The first-order valence-electron chi connectivity index (χ1n) is 4.65. The van der Waals surface area contributed by atoms with E-state index in [0.29, 0.717) is 11.1 Å². The predicted molar refractivity (Wildman–Crippen MR) is 61.3 cm³/mol. The van der Waals surface area contributed by atoms with Crippen LogP contribution in [0.1, 0.15) is 5.56 Å². The smallest absolute Gasteiger partial charge is 0.336 e. The van der Waals surface area contributed by atoms with E-state index in [-0.39, 0.29) is 5.63 Å². The van der Waals surface area contributed by atoms with Gasteiger partial charge in [0.2, 0.25) is 0 Å². The van der Waals surface area contributed by atoms with Crippen molar-refractivity contribution in [2.75, 3.05) is 19.0 Å². The summed E-state index contributed by atoms with van der Waals surface area (Å²) in [6.45, 7) is 3.81. The number of hydrogen-bond donors (Lipinski definition) is 0. The Labute approximate surface area is 87.9 Å². The van der Waals surface area contributed by atoms with Crippen molar-refractivity contribution in [3.8, 4) is 0 Å². The van der Waals surface area contributed by atoms with Crippen LogP contribution < -0.4 is 10.5 Å². The third-order valence-electron chi connectivity index (χ3n) is 2.33. The molecule has 3 nitrogen and oxygen atoms in total. The molecular weight excluding hydrogens is 190 g/mol. The fraction of sp³-hybridized carbons (Fsp3) is 0.167. The average molecular weight is 202 g/mol. The molecule has 0 aliphatic rings. The minimum atomic E-state index is -0.358. The molecule has 15 heavy (non-hydrogen) atoms. The van der Waals surface area contributed by atoms with Gasteiger partial charge >= 0.3 is 5.63 Å². The standard InChI is InChI=1S/C12H12NO2/c1-8-6-12(14)15-11-7-9(13(2)3)4-5-10(8)11/h4-7H,1H2,2-3H3. The Morgan fingerprint density at radius 2 is 2.00 bits per heavy atom. The van der Waals surface area contributed by atoms with Crippen LogP contribution >= 0.6 is 0 Å². The van der Waals surface area contributed by atoms with Crippen LogP contribution in [0.15, 0.2) is 33.5 Å². The maximum absolute atomic E-state index is 11.2. The third-order valence-corrected chi connectivity index (χ3v) is 2.33. The fourth-order valence-electron chi connectivity index (χ4n) is 1.50. The molecule has 77 valence electrons. The minimum Gasteiger partial charge on any atom is -0.423 e. The van der Waals surface area contributed by atoms with Crippen LogP contribution in [0.2, 0.25) is 0 Å². The van der Waals surface area contributed by atoms with Gasteiger partial charge in [0.05, 0.1) is 0 Å². The first-order chi connectivity index (χ1) is 7.08. The Kier molecular flexibility index (Phi) is 2.23.